The summed E-state index contributed by atoms with van der Waals surface area (Å²) in [7, 11) is 1.59. The number of carbonyl (C=O) groups is 1. The molecule has 0 aliphatic heterocycles. The van der Waals surface area contributed by atoms with E-state index in [1.54, 1.807) is 12.4 Å². The van der Waals surface area contributed by atoms with Gasteiger partial charge in [0.1, 0.15) is 0 Å². The first-order chi connectivity index (χ1) is 6.81. The van der Waals surface area contributed by atoms with E-state index in [0.29, 0.717) is 6.54 Å². The molecule has 0 saturated carbocycles. The van der Waals surface area contributed by atoms with Crippen molar-refractivity contribution in [3.63, 3.8) is 0 Å². The highest BCUT2D eigenvalue weighted by Crippen LogP contribution is 2.21. The third kappa shape index (κ3) is 4.96. The largest absolute Gasteiger partial charge is 0.350 e. The molecule has 15 heavy (non-hydrogen) atoms. The number of amides is 1. The first-order valence-corrected chi connectivity index (χ1v) is 4.39. The zero-order chi connectivity index (χ0) is 12.1. The molecule has 7 heteroatoms. The van der Waals surface area contributed by atoms with Crippen molar-refractivity contribution in [3.8, 4) is 0 Å². The molecule has 0 aliphatic rings. The van der Waals surface area contributed by atoms with Crippen LogP contribution in [0.25, 0.3) is 0 Å². The van der Waals surface area contributed by atoms with Crippen molar-refractivity contribution in [2.75, 3.05) is 20.1 Å². The lowest BCUT2D eigenvalue weighted by atomic mass is 10.1. The molecule has 1 amide bonds. The molecule has 0 aliphatic carbocycles. The van der Waals surface area contributed by atoms with Crippen molar-refractivity contribution in [1.82, 2.24) is 10.6 Å². The summed E-state index contributed by atoms with van der Waals surface area (Å²) >= 11 is 0. The van der Waals surface area contributed by atoms with Gasteiger partial charge in [-0.1, -0.05) is 6.92 Å². The Morgan fingerprint density at radius 2 is 1.93 bits per heavy atom. The summed E-state index contributed by atoms with van der Waals surface area (Å²) in [4.78, 5) is 11.1. The number of halogens is 4. The minimum absolute atomic E-state index is 0.298. The van der Waals surface area contributed by atoms with Gasteiger partial charge in [-0.05, 0) is 7.05 Å². The van der Waals surface area contributed by atoms with E-state index >= 15 is 0 Å². The summed E-state index contributed by atoms with van der Waals surface area (Å²) in [5.74, 6) is -5.39. The third-order valence-corrected chi connectivity index (χ3v) is 1.78. The Bertz CT molecular complexity index is 211. The van der Waals surface area contributed by atoms with E-state index in [0.717, 1.165) is 0 Å². The average molecular weight is 230 g/mol. The van der Waals surface area contributed by atoms with E-state index in [1.807, 2.05) is 0 Å². The van der Waals surface area contributed by atoms with Crippen molar-refractivity contribution in [2.24, 2.45) is 5.92 Å². The Balaban J connectivity index is 4.00. The normalized spacial score (nSPS) is 14.1. The molecule has 0 bridgehead atoms. The van der Waals surface area contributed by atoms with Crippen LogP contribution in [0, 0.1) is 5.92 Å². The molecule has 1 atom stereocenters. The lowest BCUT2D eigenvalue weighted by Crippen LogP contribution is -2.44. The molecule has 0 aromatic carbocycles. The lowest BCUT2D eigenvalue weighted by molar-refractivity contribution is -0.138. The molecule has 0 fully saturated rings. The van der Waals surface area contributed by atoms with Crippen molar-refractivity contribution in [2.45, 2.75) is 19.3 Å². The topological polar surface area (TPSA) is 41.1 Å². The predicted molar refractivity (Wildman–Crippen MR) is 47.1 cm³/mol. The minimum Gasteiger partial charge on any atom is -0.350 e. The molecule has 90 valence electrons. The maximum absolute atomic E-state index is 12.4. The van der Waals surface area contributed by atoms with Gasteiger partial charge in [0.05, 0.1) is 6.54 Å². The number of hydrogen-bond acceptors (Lipinski definition) is 2. The second-order valence-corrected chi connectivity index (χ2v) is 3.24. The van der Waals surface area contributed by atoms with Crippen LogP contribution in [0.3, 0.4) is 0 Å². The van der Waals surface area contributed by atoms with Gasteiger partial charge in [-0.2, -0.15) is 8.78 Å². The smallest absolute Gasteiger partial charge is 0.324 e. The van der Waals surface area contributed by atoms with Crippen LogP contribution < -0.4 is 10.6 Å². The standard InChI is InChI=1S/C8H14F4N2O/c1-5(3-13-2)6(15)14-4-8(11,12)7(9)10/h5,7,13H,3-4H2,1-2H3,(H,14,15). The molecule has 1 unspecified atom stereocenters. The van der Waals surface area contributed by atoms with Gasteiger partial charge in [-0.3, -0.25) is 4.79 Å². The molecule has 2 N–H and O–H groups in total. The van der Waals surface area contributed by atoms with Gasteiger partial charge in [0.25, 0.3) is 0 Å². The summed E-state index contributed by atoms with van der Waals surface area (Å²) in [5.41, 5.74) is 0. The van der Waals surface area contributed by atoms with Gasteiger partial charge < -0.3 is 10.6 Å². The number of nitrogens with one attached hydrogen (secondary N) is 2. The van der Waals surface area contributed by atoms with Crippen LogP contribution in [-0.4, -0.2) is 38.4 Å². The summed E-state index contributed by atoms with van der Waals surface area (Å²) in [6.45, 7) is 0.468. The lowest BCUT2D eigenvalue weighted by Gasteiger charge is -2.17. The Kier molecular flexibility index (Phi) is 5.56. The summed E-state index contributed by atoms with van der Waals surface area (Å²) in [6, 6.07) is 0. The van der Waals surface area contributed by atoms with E-state index < -0.39 is 30.7 Å². The molecular weight excluding hydrogens is 216 g/mol. The quantitative estimate of drug-likeness (QED) is 0.664. The van der Waals surface area contributed by atoms with Gasteiger partial charge in [-0.15, -0.1) is 0 Å². The number of hydrogen-bond donors (Lipinski definition) is 2. The van der Waals surface area contributed by atoms with E-state index in [1.165, 1.54) is 6.92 Å². The fraction of sp³-hybridized carbons (Fsp3) is 0.875. The molecule has 3 nitrogen and oxygen atoms in total. The van der Waals surface area contributed by atoms with Gasteiger partial charge in [-0.25, -0.2) is 8.78 Å². The monoisotopic (exact) mass is 230 g/mol. The Labute approximate surface area is 85.2 Å². The van der Waals surface area contributed by atoms with Crippen LogP contribution in [0.2, 0.25) is 0 Å². The number of alkyl halides is 4. The molecule has 0 aromatic heterocycles. The number of rotatable bonds is 6. The first kappa shape index (κ1) is 14.2. The van der Waals surface area contributed by atoms with Crippen LogP contribution in [0.1, 0.15) is 6.92 Å². The Morgan fingerprint density at radius 1 is 1.40 bits per heavy atom. The second-order valence-electron chi connectivity index (χ2n) is 3.24. The first-order valence-electron chi connectivity index (χ1n) is 4.39. The van der Waals surface area contributed by atoms with Gasteiger partial charge in [0.15, 0.2) is 0 Å². The molecular formula is C8H14F4N2O. The van der Waals surface area contributed by atoms with Crippen LogP contribution in [0.4, 0.5) is 17.6 Å². The molecule has 0 radical (unpaired) electrons. The van der Waals surface area contributed by atoms with Gasteiger partial charge >= 0.3 is 12.3 Å². The van der Waals surface area contributed by atoms with Crippen molar-refractivity contribution in [3.05, 3.63) is 0 Å². The molecule has 0 spiro atoms. The average Bonchev–Trinajstić information content (AvgIpc) is 2.14. The maximum atomic E-state index is 12.4. The van der Waals surface area contributed by atoms with Crippen LogP contribution in [0.15, 0.2) is 0 Å². The molecule has 0 heterocycles. The predicted octanol–water partition coefficient (Wildman–Crippen LogP) is 0.858. The van der Waals surface area contributed by atoms with Crippen LogP contribution in [-0.2, 0) is 4.79 Å². The number of carbonyl (C=O) groups excluding carboxylic acids is 1. The maximum Gasteiger partial charge on any atom is 0.324 e. The molecule has 0 aromatic rings. The summed E-state index contributed by atoms with van der Waals surface area (Å²) in [6.07, 6.45) is -3.77. The van der Waals surface area contributed by atoms with E-state index in [-0.39, 0.29) is 0 Å². The summed E-state index contributed by atoms with van der Waals surface area (Å²) < 4.78 is 48.1. The highest BCUT2D eigenvalue weighted by atomic mass is 19.3. The van der Waals surface area contributed by atoms with E-state index in [2.05, 4.69) is 5.32 Å². The highest BCUT2D eigenvalue weighted by Gasteiger charge is 2.40. The third-order valence-electron chi connectivity index (χ3n) is 1.78. The minimum atomic E-state index is -4.17. The summed E-state index contributed by atoms with van der Waals surface area (Å²) in [5, 5.41) is 4.45. The molecule has 0 rings (SSSR count). The highest BCUT2D eigenvalue weighted by molar-refractivity contribution is 5.78. The van der Waals surface area contributed by atoms with Crippen LogP contribution >= 0.6 is 0 Å². The fourth-order valence-corrected chi connectivity index (χ4v) is 0.855. The van der Waals surface area contributed by atoms with E-state index in [4.69, 9.17) is 0 Å². The van der Waals surface area contributed by atoms with Crippen LogP contribution in [0.5, 0.6) is 0 Å². The van der Waals surface area contributed by atoms with Crippen molar-refractivity contribution < 1.29 is 22.4 Å². The zero-order valence-electron chi connectivity index (χ0n) is 8.49. The SMILES string of the molecule is CNCC(C)C(=O)NCC(F)(F)C(F)F. The van der Waals surface area contributed by atoms with Crippen molar-refractivity contribution >= 4 is 5.91 Å². The van der Waals surface area contributed by atoms with Gasteiger partial charge in [0.2, 0.25) is 5.91 Å². The van der Waals surface area contributed by atoms with E-state index in [9.17, 15) is 22.4 Å². The Hall–Kier alpha value is -0.850. The Morgan fingerprint density at radius 3 is 2.33 bits per heavy atom. The second kappa shape index (κ2) is 5.89. The van der Waals surface area contributed by atoms with Gasteiger partial charge in [0, 0.05) is 12.5 Å². The van der Waals surface area contributed by atoms with Crippen molar-refractivity contribution in [1.29, 1.82) is 0 Å². The zero-order valence-corrected chi connectivity index (χ0v) is 8.49. The molecule has 0 saturated heterocycles. The fourth-order valence-electron chi connectivity index (χ4n) is 0.855.